The van der Waals surface area contributed by atoms with E-state index in [-0.39, 0.29) is 5.56 Å². The molecule has 1 heterocycles. The second-order valence-electron chi connectivity index (χ2n) is 4.18. The molecule has 0 aliphatic heterocycles. The molecule has 0 fully saturated rings. The minimum absolute atomic E-state index is 0.289. The Morgan fingerprint density at radius 2 is 2.11 bits per heavy atom. The smallest absolute Gasteiger partial charge is 0.159 e. The third kappa shape index (κ3) is 2.84. The number of aromatic nitrogens is 2. The van der Waals surface area contributed by atoms with E-state index in [4.69, 9.17) is 0 Å². The standard InChI is InChI=1S/C13H13BrF2N2O/c1-2-5-18-12(9(14)7-17-18)13(19)8-3-4-10(15)11(16)6-8/h3-4,6-7,13,19H,2,5H2,1H3. The van der Waals surface area contributed by atoms with Crippen LogP contribution in [0, 0.1) is 11.6 Å². The van der Waals surface area contributed by atoms with Crippen LogP contribution in [0.5, 0.6) is 0 Å². The van der Waals surface area contributed by atoms with Crippen LogP contribution in [-0.2, 0) is 6.54 Å². The molecule has 19 heavy (non-hydrogen) atoms. The normalized spacial score (nSPS) is 12.7. The van der Waals surface area contributed by atoms with Gasteiger partial charge in [-0.2, -0.15) is 5.10 Å². The summed E-state index contributed by atoms with van der Waals surface area (Å²) >= 11 is 3.31. The van der Waals surface area contributed by atoms with Crippen LogP contribution in [0.25, 0.3) is 0 Å². The van der Waals surface area contributed by atoms with Gasteiger partial charge in [-0.15, -0.1) is 0 Å². The lowest BCUT2D eigenvalue weighted by atomic mass is 10.1. The molecule has 1 atom stereocenters. The van der Waals surface area contributed by atoms with Crippen LogP contribution in [0.2, 0.25) is 0 Å². The third-order valence-corrected chi connectivity index (χ3v) is 3.40. The molecule has 0 bridgehead atoms. The Kier molecular flexibility index (Phi) is 4.31. The number of halogens is 3. The van der Waals surface area contributed by atoms with Crippen LogP contribution in [0.15, 0.2) is 28.9 Å². The van der Waals surface area contributed by atoms with E-state index in [0.29, 0.717) is 16.7 Å². The zero-order chi connectivity index (χ0) is 14.0. The highest BCUT2D eigenvalue weighted by atomic mass is 79.9. The van der Waals surface area contributed by atoms with Gasteiger partial charge in [-0.3, -0.25) is 4.68 Å². The first-order valence-electron chi connectivity index (χ1n) is 5.88. The zero-order valence-electron chi connectivity index (χ0n) is 10.3. The second kappa shape index (κ2) is 5.79. The van der Waals surface area contributed by atoms with Crippen LogP contribution in [-0.4, -0.2) is 14.9 Å². The van der Waals surface area contributed by atoms with Gasteiger partial charge >= 0.3 is 0 Å². The summed E-state index contributed by atoms with van der Waals surface area (Å²) < 4.78 is 28.4. The molecule has 0 saturated heterocycles. The number of rotatable bonds is 4. The molecule has 3 nitrogen and oxygen atoms in total. The van der Waals surface area contributed by atoms with Crippen molar-refractivity contribution in [2.24, 2.45) is 0 Å². The second-order valence-corrected chi connectivity index (χ2v) is 5.03. The monoisotopic (exact) mass is 330 g/mol. The van der Waals surface area contributed by atoms with Gasteiger partial charge in [0.25, 0.3) is 0 Å². The van der Waals surface area contributed by atoms with Gasteiger partial charge in [-0.1, -0.05) is 13.0 Å². The van der Waals surface area contributed by atoms with Gasteiger partial charge in [0.05, 0.1) is 16.4 Å². The molecule has 0 aliphatic rings. The largest absolute Gasteiger partial charge is 0.382 e. The Labute approximate surface area is 118 Å². The molecule has 102 valence electrons. The molecule has 2 rings (SSSR count). The lowest BCUT2D eigenvalue weighted by Crippen LogP contribution is -2.11. The van der Waals surface area contributed by atoms with Crippen molar-refractivity contribution in [3.05, 3.63) is 51.8 Å². The fourth-order valence-electron chi connectivity index (χ4n) is 1.87. The van der Waals surface area contributed by atoms with Crippen molar-refractivity contribution in [2.75, 3.05) is 0 Å². The molecule has 1 aromatic heterocycles. The van der Waals surface area contributed by atoms with Gasteiger partial charge in [-0.25, -0.2) is 8.78 Å². The summed E-state index contributed by atoms with van der Waals surface area (Å²) in [5, 5.41) is 14.4. The maximum atomic E-state index is 13.2. The SMILES string of the molecule is CCCn1ncc(Br)c1C(O)c1ccc(F)c(F)c1. The Morgan fingerprint density at radius 1 is 1.37 bits per heavy atom. The van der Waals surface area contributed by atoms with E-state index in [1.54, 1.807) is 10.9 Å². The molecule has 1 unspecified atom stereocenters. The quantitative estimate of drug-likeness (QED) is 0.932. The minimum Gasteiger partial charge on any atom is -0.382 e. The van der Waals surface area contributed by atoms with Crippen molar-refractivity contribution in [1.82, 2.24) is 9.78 Å². The molecule has 2 aromatic rings. The summed E-state index contributed by atoms with van der Waals surface area (Å²) in [7, 11) is 0. The molecule has 0 radical (unpaired) electrons. The van der Waals surface area contributed by atoms with E-state index < -0.39 is 17.7 Å². The molecule has 1 N–H and O–H groups in total. The van der Waals surface area contributed by atoms with Crippen LogP contribution in [0.4, 0.5) is 8.78 Å². The molecule has 0 amide bonds. The van der Waals surface area contributed by atoms with Crippen LogP contribution < -0.4 is 0 Å². The summed E-state index contributed by atoms with van der Waals surface area (Å²) in [6, 6.07) is 3.36. The van der Waals surface area contributed by atoms with E-state index >= 15 is 0 Å². The number of hydrogen-bond acceptors (Lipinski definition) is 2. The number of benzene rings is 1. The van der Waals surface area contributed by atoms with Crippen LogP contribution >= 0.6 is 15.9 Å². The topological polar surface area (TPSA) is 38.0 Å². The van der Waals surface area contributed by atoms with Crippen molar-refractivity contribution in [2.45, 2.75) is 26.0 Å². The average Bonchev–Trinajstić information content (AvgIpc) is 2.74. The van der Waals surface area contributed by atoms with E-state index in [2.05, 4.69) is 21.0 Å². The summed E-state index contributed by atoms with van der Waals surface area (Å²) in [5.41, 5.74) is 0.824. The average molecular weight is 331 g/mol. The molecule has 0 aliphatic carbocycles. The molecule has 1 aromatic carbocycles. The van der Waals surface area contributed by atoms with Crippen molar-refractivity contribution < 1.29 is 13.9 Å². The molecule has 0 saturated carbocycles. The van der Waals surface area contributed by atoms with Crippen molar-refractivity contribution in [1.29, 1.82) is 0 Å². The number of aliphatic hydroxyl groups is 1. The summed E-state index contributed by atoms with van der Waals surface area (Å²) in [6.45, 7) is 2.63. The highest BCUT2D eigenvalue weighted by molar-refractivity contribution is 9.10. The Morgan fingerprint density at radius 3 is 2.74 bits per heavy atom. The van der Waals surface area contributed by atoms with Gasteiger partial charge in [-0.05, 0) is 40.0 Å². The zero-order valence-corrected chi connectivity index (χ0v) is 11.9. The first-order valence-corrected chi connectivity index (χ1v) is 6.68. The van der Waals surface area contributed by atoms with Gasteiger partial charge < -0.3 is 5.11 Å². The predicted molar refractivity (Wildman–Crippen MR) is 70.6 cm³/mol. The molecule has 0 spiro atoms. The van der Waals surface area contributed by atoms with Gasteiger partial charge in [0, 0.05) is 6.54 Å². The van der Waals surface area contributed by atoms with Crippen LogP contribution in [0.1, 0.15) is 30.7 Å². The van der Waals surface area contributed by atoms with E-state index in [0.717, 1.165) is 18.6 Å². The Hall–Kier alpha value is -1.27. The first kappa shape index (κ1) is 14.1. The van der Waals surface area contributed by atoms with Gasteiger partial charge in [0.2, 0.25) is 0 Å². The fourth-order valence-corrected chi connectivity index (χ4v) is 2.39. The number of aliphatic hydroxyl groups excluding tert-OH is 1. The summed E-state index contributed by atoms with van der Waals surface area (Å²) in [4.78, 5) is 0. The lowest BCUT2D eigenvalue weighted by molar-refractivity contribution is 0.206. The first-order chi connectivity index (χ1) is 9.04. The molecular weight excluding hydrogens is 318 g/mol. The van der Waals surface area contributed by atoms with Crippen LogP contribution in [0.3, 0.4) is 0 Å². The highest BCUT2D eigenvalue weighted by Crippen LogP contribution is 2.29. The van der Waals surface area contributed by atoms with E-state index in [1.165, 1.54) is 6.07 Å². The maximum Gasteiger partial charge on any atom is 0.159 e. The van der Waals surface area contributed by atoms with E-state index in [1.807, 2.05) is 6.92 Å². The number of nitrogens with zero attached hydrogens (tertiary/aromatic N) is 2. The Balaban J connectivity index is 2.40. The summed E-state index contributed by atoms with van der Waals surface area (Å²) in [6.07, 6.45) is 1.37. The minimum atomic E-state index is -1.06. The van der Waals surface area contributed by atoms with Crippen molar-refractivity contribution in [3.63, 3.8) is 0 Å². The number of hydrogen-bond donors (Lipinski definition) is 1. The number of aryl methyl sites for hydroxylation is 1. The molecular formula is C13H13BrF2N2O. The Bertz CT molecular complexity index is 586. The fraction of sp³-hybridized carbons (Fsp3) is 0.308. The highest BCUT2D eigenvalue weighted by Gasteiger charge is 2.20. The lowest BCUT2D eigenvalue weighted by Gasteiger charge is -2.14. The van der Waals surface area contributed by atoms with Gasteiger partial charge in [0.15, 0.2) is 11.6 Å². The van der Waals surface area contributed by atoms with Crippen molar-refractivity contribution in [3.8, 4) is 0 Å². The van der Waals surface area contributed by atoms with Crippen molar-refractivity contribution >= 4 is 15.9 Å². The summed E-state index contributed by atoms with van der Waals surface area (Å²) in [5.74, 6) is -1.91. The molecule has 6 heteroatoms. The maximum absolute atomic E-state index is 13.2. The predicted octanol–water partition coefficient (Wildman–Crippen LogP) is 3.42. The van der Waals surface area contributed by atoms with E-state index in [9.17, 15) is 13.9 Å². The van der Waals surface area contributed by atoms with Gasteiger partial charge in [0.1, 0.15) is 6.10 Å². The third-order valence-electron chi connectivity index (χ3n) is 2.79.